The first-order valence-corrected chi connectivity index (χ1v) is 18.6. The van der Waals surface area contributed by atoms with Gasteiger partial charge >= 0.3 is 0 Å². The summed E-state index contributed by atoms with van der Waals surface area (Å²) in [6, 6.07) is 17.4. The molecule has 1 unspecified atom stereocenters. The lowest BCUT2D eigenvalue weighted by atomic mass is 9.98. The minimum atomic E-state index is 0.150. The Bertz CT molecular complexity index is 1690. The van der Waals surface area contributed by atoms with Crippen LogP contribution in [0.3, 0.4) is 0 Å². The predicted molar refractivity (Wildman–Crippen MR) is 200 cm³/mol. The van der Waals surface area contributed by atoms with Crippen LogP contribution in [-0.4, -0.2) is 130 Å². The Balaban J connectivity index is 0.000000182. The number of hydrogen-bond donors (Lipinski definition) is 1. The number of piperidine rings is 1. The number of likely N-dealkylation sites (tertiary alicyclic amines) is 1. The zero-order valence-electron chi connectivity index (χ0n) is 30.4. The molecule has 7 rings (SSSR count). The van der Waals surface area contributed by atoms with Gasteiger partial charge in [-0.3, -0.25) is 19.4 Å². The molecule has 264 valence electrons. The van der Waals surface area contributed by atoms with Gasteiger partial charge in [0.05, 0.1) is 0 Å². The Labute approximate surface area is 292 Å². The normalized spacial score (nSPS) is 19.9. The molecule has 2 amide bonds. The highest BCUT2D eigenvalue weighted by Crippen LogP contribution is 2.24. The van der Waals surface area contributed by atoms with Crippen LogP contribution >= 0.6 is 0 Å². The molecule has 3 saturated heterocycles. The van der Waals surface area contributed by atoms with Crippen LogP contribution < -0.4 is 0 Å². The minimum absolute atomic E-state index is 0.150. The van der Waals surface area contributed by atoms with Crippen molar-refractivity contribution in [2.45, 2.75) is 66.1 Å². The highest BCUT2D eigenvalue weighted by molar-refractivity contribution is 5.99. The summed E-state index contributed by atoms with van der Waals surface area (Å²) in [5, 5.41) is 2.27. The van der Waals surface area contributed by atoms with E-state index < -0.39 is 0 Å². The molecule has 0 aliphatic carbocycles. The first-order valence-electron chi connectivity index (χ1n) is 18.6. The number of aromatic nitrogens is 2. The number of nitrogens with zero attached hydrogens (tertiary/aromatic N) is 6. The van der Waals surface area contributed by atoms with Gasteiger partial charge in [0, 0.05) is 123 Å². The molecule has 1 N–H and O–H groups in total. The third-order valence-electron chi connectivity index (χ3n) is 11.0. The number of benzene rings is 2. The van der Waals surface area contributed by atoms with Gasteiger partial charge in [0.2, 0.25) is 0 Å². The maximum Gasteiger partial charge on any atom is 0.253 e. The molecule has 5 heterocycles. The molecule has 49 heavy (non-hydrogen) atoms. The lowest BCUT2D eigenvalue weighted by Crippen LogP contribution is -2.50. The second-order valence-corrected chi connectivity index (χ2v) is 14.8. The summed E-state index contributed by atoms with van der Waals surface area (Å²) in [6.45, 7) is 23.0. The van der Waals surface area contributed by atoms with Gasteiger partial charge in [0.25, 0.3) is 11.8 Å². The number of hydrogen-bond acceptors (Lipinski definition) is 5. The number of fused-ring (bicyclic) bond motifs is 2. The number of rotatable bonds is 7. The van der Waals surface area contributed by atoms with Gasteiger partial charge < -0.3 is 24.3 Å². The van der Waals surface area contributed by atoms with E-state index in [1.807, 2.05) is 46.3 Å². The van der Waals surface area contributed by atoms with Crippen molar-refractivity contribution in [3.05, 3.63) is 72.1 Å². The van der Waals surface area contributed by atoms with Crippen LogP contribution in [-0.2, 0) is 6.54 Å². The maximum absolute atomic E-state index is 13.0. The number of aromatic amines is 1. The summed E-state index contributed by atoms with van der Waals surface area (Å²) in [7, 11) is 0. The Morgan fingerprint density at radius 3 is 1.92 bits per heavy atom. The Hall–Kier alpha value is -3.66. The monoisotopic (exact) mass is 667 g/mol. The van der Waals surface area contributed by atoms with Crippen LogP contribution in [0.1, 0.15) is 68.2 Å². The molecular formula is C40H57N7O2. The number of H-pyrrole nitrogens is 1. The number of carbonyl (C=O) groups is 2. The second kappa shape index (κ2) is 15.9. The van der Waals surface area contributed by atoms with Crippen molar-refractivity contribution >= 4 is 33.6 Å². The lowest BCUT2D eigenvalue weighted by molar-refractivity contribution is 0.0590. The number of amides is 2. The van der Waals surface area contributed by atoms with E-state index in [2.05, 4.69) is 83.3 Å². The van der Waals surface area contributed by atoms with Crippen molar-refractivity contribution in [1.29, 1.82) is 0 Å². The average molecular weight is 668 g/mol. The van der Waals surface area contributed by atoms with E-state index in [0.29, 0.717) is 12.1 Å². The minimum Gasteiger partial charge on any atom is -0.361 e. The fourth-order valence-corrected chi connectivity index (χ4v) is 7.79. The molecule has 0 saturated carbocycles. The zero-order chi connectivity index (χ0) is 34.5. The van der Waals surface area contributed by atoms with Crippen LogP contribution in [0.2, 0.25) is 0 Å². The smallest absolute Gasteiger partial charge is 0.253 e. The first kappa shape index (κ1) is 35.2. The van der Waals surface area contributed by atoms with Gasteiger partial charge in [-0.05, 0) is 108 Å². The fraction of sp³-hybridized carbons (Fsp3) is 0.550. The van der Waals surface area contributed by atoms with E-state index in [0.717, 1.165) is 93.4 Å². The molecule has 9 heteroatoms. The summed E-state index contributed by atoms with van der Waals surface area (Å²) >= 11 is 0. The number of piperazine rings is 2. The summed E-state index contributed by atoms with van der Waals surface area (Å²) in [6.07, 6.45) is 6.72. The quantitative estimate of drug-likeness (QED) is 0.267. The maximum atomic E-state index is 13.0. The van der Waals surface area contributed by atoms with Crippen molar-refractivity contribution in [2.75, 3.05) is 72.0 Å². The van der Waals surface area contributed by atoms with E-state index in [1.165, 1.54) is 36.8 Å². The molecule has 4 aromatic rings. The largest absolute Gasteiger partial charge is 0.361 e. The first-order chi connectivity index (χ1) is 23.7. The molecule has 2 aromatic carbocycles. The Morgan fingerprint density at radius 2 is 1.33 bits per heavy atom. The van der Waals surface area contributed by atoms with Crippen molar-refractivity contribution < 1.29 is 9.59 Å². The van der Waals surface area contributed by atoms with Gasteiger partial charge in [-0.25, -0.2) is 0 Å². The van der Waals surface area contributed by atoms with E-state index in [4.69, 9.17) is 0 Å². The van der Waals surface area contributed by atoms with Crippen molar-refractivity contribution in [1.82, 2.24) is 34.1 Å². The SMILES string of the molecule is CC(C)N1CCN(C(=O)c2ccc3[nH]ccc3c2)CC1.CCN1CCCC(Cn2ccc3cc(C(=O)N4CCN(C(C)C)CC4)ccc32)C1. The predicted octanol–water partition coefficient (Wildman–Crippen LogP) is 5.87. The highest BCUT2D eigenvalue weighted by Gasteiger charge is 2.25. The molecule has 0 spiro atoms. The summed E-state index contributed by atoms with van der Waals surface area (Å²) in [5.41, 5.74) is 3.93. The van der Waals surface area contributed by atoms with E-state index in [-0.39, 0.29) is 11.8 Å². The number of nitrogens with one attached hydrogen (secondary N) is 1. The lowest BCUT2D eigenvalue weighted by Gasteiger charge is -2.37. The average Bonchev–Trinajstić information content (AvgIpc) is 3.77. The molecular weight excluding hydrogens is 610 g/mol. The third kappa shape index (κ3) is 8.39. The van der Waals surface area contributed by atoms with Gasteiger partial charge in [0.1, 0.15) is 0 Å². The molecule has 3 aliphatic rings. The van der Waals surface area contributed by atoms with Crippen LogP contribution in [0, 0.1) is 5.92 Å². The van der Waals surface area contributed by atoms with E-state index >= 15 is 0 Å². The summed E-state index contributed by atoms with van der Waals surface area (Å²) < 4.78 is 2.38. The fourth-order valence-electron chi connectivity index (χ4n) is 7.79. The van der Waals surface area contributed by atoms with Gasteiger partial charge in [0.15, 0.2) is 0 Å². The van der Waals surface area contributed by atoms with Gasteiger partial charge in [-0.15, -0.1) is 0 Å². The molecule has 9 nitrogen and oxygen atoms in total. The standard InChI is InChI=1S/C24H36N4O.C16H21N3O/c1-4-25-10-5-6-20(17-25)18-28-11-9-21-16-22(7-8-23(21)28)24(29)27-14-12-26(13-15-27)19(2)3;1-12(2)18-7-9-19(10-8-18)16(20)14-3-4-15-13(11-14)5-6-17-15/h7-9,11,16,19-20H,4-6,10,12-15,17-18H2,1-3H3;3-6,11-12,17H,7-10H2,1-2H3. The molecule has 3 aliphatic heterocycles. The van der Waals surface area contributed by atoms with E-state index in [9.17, 15) is 9.59 Å². The van der Waals surface area contributed by atoms with Crippen LogP contribution in [0.5, 0.6) is 0 Å². The molecule has 0 bridgehead atoms. The third-order valence-corrected chi connectivity index (χ3v) is 11.0. The van der Waals surface area contributed by atoms with Crippen molar-refractivity contribution in [3.63, 3.8) is 0 Å². The van der Waals surface area contributed by atoms with Crippen LogP contribution in [0.4, 0.5) is 0 Å². The van der Waals surface area contributed by atoms with Crippen molar-refractivity contribution in [3.8, 4) is 0 Å². The molecule has 2 aromatic heterocycles. The van der Waals surface area contributed by atoms with Crippen molar-refractivity contribution in [2.24, 2.45) is 5.92 Å². The summed E-state index contributed by atoms with van der Waals surface area (Å²) in [4.78, 5) is 40.1. The van der Waals surface area contributed by atoms with Crippen LogP contribution in [0.15, 0.2) is 60.9 Å². The van der Waals surface area contributed by atoms with Gasteiger partial charge in [-0.2, -0.15) is 0 Å². The molecule has 1 atom stereocenters. The van der Waals surface area contributed by atoms with Crippen LogP contribution in [0.25, 0.3) is 21.8 Å². The van der Waals surface area contributed by atoms with E-state index in [1.54, 1.807) is 0 Å². The summed E-state index contributed by atoms with van der Waals surface area (Å²) in [5.74, 6) is 1.04. The molecule has 0 radical (unpaired) electrons. The Kier molecular flexibility index (Phi) is 11.4. The number of carbonyl (C=O) groups excluding carboxylic acids is 2. The highest BCUT2D eigenvalue weighted by atomic mass is 16.2. The zero-order valence-corrected chi connectivity index (χ0v) is 30.4. The Morgan fingerprint density at radius 1 is 0.735 bits per heavy atom. The topological polar surface area (TPSA) is 71.1 Å². The second-order valence-electron chi connectivity index (χ2n) is 14.8. The molecule has 3 fully saturated rings. The van der Waals surface area contributed by atoms with Gasteiger partial charge in [-0.1, -0.05) is 6.92 Å².